The molecule has 0 radical (unpaired) electrons. The summed E-state index contributed by atoms with van der Waals surface area (Å²) in [4.78, 5) is 31.3. The first-order valence-electron chi connectivity index (χ1n) is 26.8. The third kappa shape index (κ3) is 24.0. The molecule has 0 saturated carbocycles. The number of rotatable bonds is 46. The van der Waals surface area contributed by atoms with Gasteiger partial charge in [-0.15, -0.1) is 43.4 Å². The highest BCUT2D eigenvalue weighted by atomic mass is 16.5. The highest BCUT2D eigenvalue weighted by molar-refractivity contribution is 5.92. The van der Waals surface area contributed by atoms with Crippen molar-refractivity contribution in [3.05, 3.63) is 71.3 Å². The zero-order chi connectivity index (χ0) is 57.0. The molecule has 31 nitrogen and oxygen atoms in total. The van der Waals surface area contributed by atoms with Crippen molar-refractivity contribution in [2.24, 2.45) is 0 Å². The molecule has 31 heteroatoms. The maximum absolute atomic E-state index is 14.0. The van der Waals surface area contributed by atoms with Crippen LogP contribution in [-0.4, -0.2) is 230 Å². The molecule has 440 valence electrons. The van der Waals surface area contributed by atoms with Crippen LogP contribution in [0.4, 0.5) is 0 Å². The average Bonchev–Trinajstić information content (AvgIpc) is 4.39. The lowest BCUT2D eigenvalue weighted by Crippen LogP contribution is -2.37. The molecule has 2 amide bonds. The zero-order valence-electron chi connectivity index (χ0n) is 46.3. The topological polar surface area (TPSA) is 308 Å². The van der Waals surface area contributed by atoms with Gasteiger partial charge in [0.05, 0.1) is 169 Å². The van der Waals surface area contributed by atoms with E-state index in [1.54, 1.807) is 65.7 Å². The van der Waals surface area contributed by atoms with E-state index in [4.69, 9.17) is 55.5 Å². The lowest BCUT2D eigenvalue weighted by atomic mass is 10.3. The Labute approximate surface area is 469 Å². The summed E-state index contributed by atoms with van der Waals surface area (Å²) >= 11 is 0. The molecule has 0 fully saturated rings. The molecule has 6 aromatic heterocycles. The Kier molecular flexibility index (Phi) is 29.0. The van der Waals surface area contributed by atoms with E-state index in [-0.39, 0.29) is 102 Å². The highest BCUT2D eigenvalue weighted by Crippen LogP contribution is 2.08. The number of hydrogen-bond donors (Lipinski definition) is 0. The van der Waals surface area contributed by atoms with Crippen LogP contribution in [0.3, 0.4) is 0 Å². The SMILES string of the molecule is C#CCOCCOCc1cn(CCN(CCn2cc(COCCOCCC)nn2)C(=O)c2cn(CCOCCn3cc(C(=O)N(CCn4cc(COCCOCC#C)nn4)CCn4cc(COCCOCCC)nn4)nn3)nn2)nn1. The molecule has 6 rings (SSSR count). The molecule has 0 aliphatic carbocycles. The molecule has 0 aromatic carbocycles. The van der Waals surface area contributed by atoms with Gasteiger partial charge >= 0.3 is 0 Å². The molecule has 0 atom stereocenters. The number of nitrogens with zero attached hydrogens (tertiary/aromatic N) is 20. The van der Waals surface area contributed by atoms with Gasteiger partial charge in [-0.25, -0.2) is 9.36 Å². The van der Waals surface area contributed by atoms with Gasteiger partial charge in [-0.1, -0.05) is 57.0 Å². The van der Waals surface area contributed by atoms with E-state index in [9.17, 15) is 9.59 Å². The van der Waals surface area contributed by atoms with E-state index in [0.717, 1.165) is 12.8 Å². The minimum Gasteiger partial charge on any atom is -0.379 e. The van der Waals surface area contributed by atoms with Crippen molar-refractivity contribution in [1.82, 2.24) is 99.8 Å². The van der Waals surface area contributed by atoms with Crippen molar-refractivity contribution >= 4 is 11.8 Å². The molecule has 0 bridgehead atoms. The summed E-state index contributed by atoms with van der Waals surface area (Å²) in [6, 6.07) is 0. The summed E-state index contributed by atoms with van der Waals surface area (Å²) in [5.41, 5.74) is 2.86. The van der Waals surface area contributed by atoms with Gasteiger partial charge in [0.25, 0.3) is 11.8 Å². The Bertz CT molecular complexity index is 2580. The molecule has 0 spiro atoms. The van der Waals surface area contributed by atoms with Gasteiger partial charge in [0, 0.05) is 39.4 Å². The third-order valence-corrected chi connectivity index (χ3v) is 11.3. The van der Waals surface area contributed by atoms with Crippen LogP contribution in [0.15, 0.2) is 37.2 Å². The van der Waals surface area contributed by atoms with Gasteiger partial charge in [-0.2, -0.15) is 0 Å². The number of hydrogen-bond acceptors (Lipinski definition) is 23. The second-order valence-electron chi connectivity index (χ2n) is 17.8. The van der Waals surface area contributed by atoms with E-state index in [1.807, 2.05) is 13.8 Å². The summed E-state index contributed by atoms with van der Waals surface area (Å²) < 4.78 is 59.6. The summed E-state index contributed by atoms with van der Waals surface area (Å²) in [6.07, 6.45) is 22.6. The van der Waals surface area contributed by atoms with Crippen molar-refractivity contribution in [2.45, 2.75) is 92.4 Å². The normalized spacial score (nSPS) is 11.4. The molecule has 0 unspecified atom stereocenters. The van der Waals surface area contributed by atoms with Gasteiger partial charge in [0.2, 0.25) is 0 Å². The van der Waals surface area contributed by atoms with Crippen LogP contribution < -0.4 is 0 Å². The van der Waals surface area contributed by atoms with E-state index in [2.05, 4.69) is 73.7 Å². The third-order valence-electron chi connectivity index (χ3n) is 11.3. The predicted octanol–water partition coefficient (Wildman–Crippen LogP) is -0.143. The fraction of sp³-hybridized carbons (Fsp3) is 0.640. The number of carbonyl (C=O) groups is 2. The second-order valence-corrected chi connectivity index (χ2v) is 17.8. The molecule has 0 saturated heterocycles. The lowest BCUT2D eigenvalue weighted by molar-refractivity contribution is 0.0397. The monoisotopic (exact) mass is 1130 g/mol. The number of terminal acetylenes is 2. The van der Waals surface area contributed by atoms with Crippen molar-refractivity contribution in [1.29, 1.82) is 0 Å². The van der Waals surface area contributed by atoms with E-state index in [0.29, 0.717) is 128 Å². The number of ether oxygens (including phenoxy) is 9. The molecule has 6 heterocycles. The number of aromatic nitrogens is 18. The molecule has 0 aliphatic rings. The van der Waals surface area contributed by atoms with Crippen LogP contribution in [0.25, 0.3) is 0 Å². The summed E-state index contributed by atoms with van der Waals surface area (Å²) in [5.74, 6) is 4.15. The summed E-state index contributed by atoms with van der Waals surface area (Å²) in [7, 11) is 0. The largest absolute Gasteiger partial charge is 0.379 e. The summed E-state index contributed by atoms with van der Waals surface area (Å²) in [5, 5.41) is 50.5. The van der Waals surface area contributed by atoms with Crippen LogP contribution in [0.2, 0.25) is 0 Å². The van der Waals surface area contributed by atoms with Crippen molar-refractivity contribution < 1.29 is 52.2 Å². The molecule has 0 aliphatic heterocycles. The van der Waals surface area contributed by atoms with Gasteiger partial charge in [0.1, 0.15) is 36.0 Å². The fourth-order valence-corrected chi connectivity index (χ4v) is 7.27. The standard InChI is InChI=1S/C50H74N20O11/c1-5-19-73-25-29-78-39-43-33-65(57-51-43)13-9-63(10-14-66-34-44(52-58-66)40-79-30-26-74-20-6-2)49(71)47-37-69(61-55-47)17-23-77-24-18-70-38-48(56-62-70)50(72)64(11-15-67-35-45(53-59-67)41-80-31-27-75-21-7-3)12-16-68-36-46(54-60-68)42-81-32-28-76-22-8-4/h1,3,33-38H,6,8-32,39-42H2,2,4H3. The Morgan fingerprint density at radius 3 is 0.988 bits per heavy atom. The van der Waals surface area contributed by atoms with Gasteiger partial charge in [0.15, 0.2) is 11.4 Å². The minimum atomic E-state index is -0.338. The fourth-order valence-electron chi connectivity index (χ4n) is 7.27. The van der Waals surface area contributed by atoms with E-state index < -0.39 is 0 Å². The zero-order valence-corrected chi connectivity index (χ0v) is 46.3. The number of carbonyl (C=O) groups excluding carboxylic acids is 2. The van der Waals surface area contributed by atoms with E-state index in [1.165, 1.54) is 9.36 Å². The first-order valence-corrected chi connectivity index (χ1v) is 26.8. The van der Waals surface area contributed by atoms with Gasteiger partial charge in [-0.3, -0.25) is 28.3 Å². The van der Waals surface area contributed by atoms with Crippen molar-refractivity contribution in [2.75, 3.05) is 119 Å². The molecule has 0 N–H and O–H groups in total. The Morgan fingerprint density at radius 1 is 0.383 bits per heavy atom. The number of amides is 2. The van der Waals surface area contributed by atoms with Crippen LogP contribution >= 0.6 is 0 Å². The van der Waals surface area contributed by atoms with Gasteiger partial charge < -0.3 is 52.4 Å². The Hall–Kier alpha value is -7.46. The maximum Gasteiger partial charge on any atom is 0.276 e. The van der Waals surface area contributed by atoms with E-state index >= 15 is 0 Å². The highest BCUT2D eigenvalue weighted by Gasteiger charge is 2.22. The van der Waals surface area contributed by atoms with Crippen molar-refractivity contribution in [3.8, 4) is 24.7 Å². The maximum atomic E-state index is 14.0. The Morgan fingerprint density at radius 2 is 0.667 bits per heavy atom. The predicted molar refractivity (Wildman–Crippen MR) is 283 cm³/mol. The van der Waals surface area contributed by atoms with Gasteiger partial charge in [-0.05, 0) is 12.8 Å². The van der Waals surface area contributed by atoms with Crippen molar-refractivity contribution in [3.63, 3.8) is 0 Å². The molecular weight excluding hydrogens is 1060 g/mol. The first-order chi connectivity index (χ1) is 39.8. The summed E-state index contributed by atoms with van der Waals surface area (Å²) in [6.45, 7) is 13.9. The van der Waals surface area contributed by atoms with Crippen LogP contribution in [0, 0.1) is 24.7 Å². The minimum absolute atomic E-state index is 0.150. The quantitative estimate of drug-likeness (QED) is 0.0355. The second kappa shape index (κ2) is 37.5. The average molecular weight is 1130 g/mol. The Balaban J connectivity index is 0.980. The van der Waals surface area contributed by atoms with Crippen LogP contribution in [0.1, 0.15) is 70.4 Å². The van der Waals surface area contributed by atoms with Crippen LogP contribution in [-0.2, 0) is 108 Å². The lowest BCUT2D eigenvalue weighted by Gasteiger charge is -2.21. The molecular formula is C50H74N20O11. The first kappa shape index (κ1) is 62.7. The smallest absolute Gasteiger partial charge is 0.276 e. The molecule has 81 heavy (non-hydrogen) atoms. The molecule has 6 aromatic rings. The van der Waals surface area contributed by atoms with Crippen LogP contribution in [0.5, 0.6) is 0 Å².